The van der Waals surface area contributed by atoms with Crippen molar-refractivity contribution in [3.05, 3.63) is 59.0 Å². The number of fused-ring (bicyclic) bond motifs is 2. The Balaban J connectivity index is 1.20. The fraction of sp³-hybridized carbons (Fsp3) is 0.429. The van der Waals surface area contributed by atoms with Gasteiger partial charge in [-0.3, -0.25) is 14.6 Å². The highest BCUT2D eigenvalue weighted by atomic mass is 16.5. The van der Waals surface area contributed by atoms with Gasteiger partial charge in [0.25, 0.3) is 5.91 Å². The lowest BCUT2D eigenvalue weighted by Crippen LogP contribution is -2.43. The minimum absolute atomic E-state index is 0.0639. The predicted octanol–water partition coefficient (Wildman–Crippen LogP) is 3.55. The molecule has 9 heteroatoms. The molecule has 9 nitrogen and oxygen atoms in total. The number of aryl methyl sites for hydroxylation is 3. The number of aliphatic carboxylic acids is 1. The van der Waals surface area contributed by atoms with Crippen LogP contribution in [0.2, 0.25) is 0 Å². The number of nitrogens with one attached hydrogen (secondary N) is 3. The summed E-state index contributed by atoms with van der Waals surface area (Å²) in [4.78, 5) is 44.5. The van der Waals surface area contributed by atoms with Crippen LogP contribution in [0.4, 0.5) is 0 Å². The molecule has 1 aliphatic carbocycles. The first-order valence-electron chi connectivity index (χ1n) is 12.9. The topological polar surface area (TPSA) is 133 Å². The van der Waals surface area contributed by atoms with E-state index in [4.69, 9.17) is 9.72 Å². The summed E-state index contributed by atoms with van der Waals surface area (Å²) in [6.07, 6.45) is 7.46. The van der Waals surface area contributed by atoms with Gasteiger partial charge in [0.15, 0.2) is 5.75 Å². The fourth-order valence-corrected chi connectivity index (χ4v) is 4.78. The van der Waals surface area contributed by atoms with E-state index in [-0.39, 0.29) is 24.6 Å². The van der Waals surface area contributed by atoms with Crippen LogP contribution >= 0.6 is 0 Å². The maximum atomic E-state index is 12.8. The average molecular weight is 507 g/mol. The van der Waals surface area contributed by atoms with Crippen LogP contribution < -0.4 is 15.4 Å². The summed E-state index contributed by atoms with van der Waals surface area (Å²) in [5.41, 5.74) is 4.54. The molecule has 0 unspecified atom stereocenters. The highest BCUT2D eigenvalue weighted by Gasteiger charge is 2.25. The molecule has 4 N–H and O–H groups in total. The number of carboxylic acid groups (broad SMARTS) is 1. The minimum atomic E-state index is -1.17. The lowest BCUT2D eigenvalue weighted by Gasteiger charge is -2.15. The number of hydrogen-bond acceptors (Lipinski definition) is 5. The Labute approximate surface area is 216 Å². The summed E-state index contributed by atoms with van der Waals surface area (Å²) in [6.45, 7) is 0.145. The van der Waals surface area contributed by atoms with E-state index in [0.717, 1.165) is 43.2 Å². The van der Waals surface area contributed by atoms with Crippen molar-refractivity contribution < 1.29 is 24.2 Å². The molecular weight excluding hydrogens is 472 g/mol. The van der Waals surface area contributed by atoms with Gasteiger partial charge in [0, 0.05) is 35.3 Å². The van der Waals surface area contributed by atoms with Crippen LogP contribution in [0.15, 0.2) is 36.4 Å². The van der Waals surface area contributed by atoms with Crippen LogP contribution in [0.5, 0.6) is 5.75 Å². The van der Waals surface area contributed by atoms with E-state index < -0.39 is 17.9 Å². The number of aromatic nitrogens is 2. The standard InChI is InChI=1S/C28H34N4O5/c1-37-26-20-10-4-6-12-22(20)31-25(26)27(34)32-23(28(35)36)16-17-29-24(33)13-7-3-9-19-15-14-18-8-2-5-11-21(18)30-19/h4,6,10,12,14-15,23,31H,2-3,5,7-9,11,13,16-17H2,1H3,(H,29,33)(H,32,34)(H,35,36)/t23-/m0/s1. The summed E-state index contributed by atoms with van der Waals surface area (Å²) in [5.74, 6) is -1.53. The van der Waals surface area contributed by atoms with Gasteiger partial charge in [0.2, 0.25) is 5.91 Å². The number of pyridine rings is 1. The third-order valence-electron chi connectivity index (χ3n) is 6.77. The number of carbonyl (C=O) groups excluding carboxylic acids is 2. The second-order valence-corrected chi connectivity index (χ2v) is 9.40. The number of H-pyrrole nitrogens is 1. The number of ether oxygens (including phenoxy) is 1. The highest BCUT2D eigenvalue weighted by molar-refractivity contribution is 6.04. The van der Waals surface area contributed by atoms with Gasteiger partial charge in [-0.2, -0.15) is 0 Å². The smallest absolute Gasteiger partial charge is 0.326 e. The first kappa shape index (κ1) is 26.2. The van der Waals surface area contributed by atoms with Crippen molar-refractivity contribution in [1.29, 1.82) is 0 Å². The second-order valence-electron chi connectivity index (χ2n) is 9.40. The molecule has 37 heavy (non-hydrogen) atoms. The molecule has 0 bridgehead atoms. The van der Waals surface area contributed by atoms with E-state index in [1.807, 2.05) is 24.3 Å². The number of carbonyl (C=O) groups is 3. The van der Waals surface area contributed by atoms with E-state index in [1.54, 1.807) is 0 Å². The molecule has 0 aliphatic heterocycles. The Morgan fingerprint density at radius 2 is 1.92 bits per heavy atom. The van der Waals surface area contributed by atoms with Gasteiger partial charge in [-0.25, -0.2) is 4.79 Å². The molecule has 2 amide bonds. The van der Waals surface area contributed by atoms with Crippen LogP contribution in [0.3, 0.4) is 0 Å². The van der Waals surface area contributed by atoms with E-state index in [9.17, 15) is 19.5 Å². The zero-order valence-corrected chi connectivity index (χ0v) is 21.1. The normalized spacial score (nSPS) is 13.5. The molecule has 1 aliphatic rings. The number of hydrogen-bond donors (Lipinski definition) is 4. The third kappa shape index (κ3) is 6.67. The van der Waals surface area contributed by atoms with E-state index in [0.29, 0.717) is 17.7 Å². The van der Waals surface area contributed by atoms with Gasteiger partial charge in [-0.1, -0.05) is 18.2 Å². The lowest BCUT2D eigenvalue weighted by atomic mass is 9.95. The Hall–Kier alpha value is -3.88. The number of nitrogens with zero attached hydrogens (tertiary/aromatic N) is 1. The molecule has 0 saturated heterocycles. The van der Waals surface area contributed by atoms with Gasteiger partial charge in [0.1, 0.15) is 11.7 Å². The van der Waals surface area contributed by atoms with Crippen molar-refractivity contribution >= 4 is 28.7 Å². The first-order chi connectivity index (χ1) is 18.0. The number of carboxylic acids is 1. The molecule has 1 aromatic carbocycles. The van der Waals surface area contributed by atoms with Crippen molar-refractivity contribution in [1.82, 2.24) is 20.6 Å². The number of para-hydroxylation sites is 1. The summed E-state index contributed by atoms with van der Waals surface area (Å²) in [5, 5.41) is 15.6. The minimum Gasteiger partial charge on any atom is -0.494 e. The lowest BCUT2D eigenvalue weighted by molar-refractivity contribution is -0.139. The summed E-state index contributed by atoms with van der Waals surface area (Å²) in [7, 11) is 1.46. The summed E-state index contributed by atoms with van der Waals surface area (Å²) >= 11 is 0. The molecule has 0 spiro atoms. The largest absolute Gasteiger partial charge is 0.494 e. The quantitative estimate of drug-likeness (QED) is 0.278. The van der Waals surface area contributed by atoms with Gasteiger partial charge in [-0.15, -0.1) is 0 Å². The molecule has 0 saturated carbocycles. The molecular formula is C28H34N4O5. The number of methoxy groups -OCH3 is 1. The Morgan fingerprint density at radius 1 is 1.11 bits per heavy atom. The second kappa shape index (κ2) is 12.4. The maximum absolute atomic E-state index is 12.8. The van der Waals surface area contributed by atoms with Crippen LogP contribution in [0, 0.1) is 0 Å². The SMILES string of the molecule is COc1c(C(=O)N[C@@H](CCNC(=O)CCCCc2ccc3c(n2)CCCC3)C(=O)O)[nH]c2ccccc12. The molecule has 2 aromatic heterocycles. The molecule has 4 rings (SSSR count). The molecule has 2 heterocycles. The van der Waals surface area contributed by atoms with Crippen LogP contribution in [0.25, 0.3) is 10.9 Å². The summed E-state index contributed by atoms with van der Waals surface area (Å²) < 4.78 is 5.37. The van der Waals surface area contributed by atoms with Gasteiger partial charge in [-0.05, 0) is 75.1 Å². The van der Waals surface area contributed by atoms with E-state index in [1.165, 1.54) is 31.2 Å². The van der Waals surface area contributed by atoms with Gasteiger partial charge in [0.05, 0.1) is 7.11 Å². The fourth-order valence-electron chi connectivity index (χ4n) is 4.78. The zero-order valence-electron chi connectivity index (χ0n) is 21.1. The zero-order chi connectivity index (χ0) is 26.2. The van der Waals surface area contributed by atoms with Crippen molar-refractivity contribution in [3.63, 3.8) is 0 Å². The van der Waals surface area contributed by atoms with E-state index >= 15 is 0 Å². The molecule has 196 valence electrons. The number of unbranched alkanes of at least 4 members (excludes halogenated alkanes) is 1. The Morgan fingerprint density at radius 3 is 2.73 bits per heavy atom. The number of amides is 2. The third-order valence-corrected chi connectivity index (χ3v) is 6.77. The van der Waals surface area contributed by atoms with Crippen molar-refractivity contribution in [2.75, 3.05) is 13.7 Å². The van der Waals surface area contributed by atoms with Crippen molar-refractivity contribution in [2.45, 2.75) is 63.8 Å². The Bertz CT molecular complexity index is 1270. The Kier molecular flexibility index (Phi) is 8.77. The monoisotopic (exact) mass is 506 g/mol. The van der Waals surface area contributed by atoms with Gasteiger partial charge >= 0.3 is 5.97 Å². The number of rotatable bonds is 12. The molecule has 0 radical (unpaired) electrons. The average Bonchev–Trinajstić information content (AvgIpc) is 3.29. The van der Waals surface area contributed by atoms with Crippen molar-refractivity contribution in [2.24, 2.45) is 0 Å². The molecule has 3 aromatic rings. The first-order valence-corrected chi connectivity index (χ1v) is 12.9. The number of aromatic amines is 1. The van der Waals surface area contributed by atoms with Crippen LogP contribution in [-0.2, 0) is 28.9 Å². The highest BCUT2D eigenvalue weighted by Crippen LogP contribution is 2.29. The van der Waals surface area contributed by atoms with Crippen molar-refractivity contribution in [3.8, 4) is 5.75 Å². The predicted molar refractivity (Wildman–Crippen MR) is 140 cm³/mol. The van der Waals surface area contributed by atoms with Crippen LogP contribution in [0.1, 0.15) is 66.0 Å². The molecule has 0 fully saturated rings. The number of benzene rings is 1. The van der Waals surface area contributed by atoms with Crippen LogP contribution in [-0.4, -0.2) is 52.6 Å². The summed E-state index contributed by atoms with van der Waals surface area (Å²) in [6, 6.07) is 10.4. The van der Waals surface area contributed by atoms with E-state index in [2.05, 4.69) is 27.8 Å². The molecule has 1 atom stereocenters. The van der Waals surface area contributed by atoms with Gasteiger partial charge < -0.3 is 25.5 Å². The maximum Gasteiger partial charge on any atom is 0.326 e.